The molecule has 1 atom stereocenters. The lowest BCUT2D eigenvalue weighted by Gasteiger charge is -2.19. The Morgan fingerprint density at radius 2 is 2.24 bits per heavy atom. The van der Waals surface area contributed by atoms with Crippen LogP contribution in [0.1, 0.15) is 24.6 Å². The van der Waals surface area contributed by atoms with E-state index in [1.807, 2.05) is 13.1 Å². The number of anilines is 1. The highest BCUT2D eigenvalue weighted by molar-refractivity contribution is 7.79. The lowest BCUT2D eigenvalue weighted by molar-refractivity contribution is -0.0610. The van der Waals surface area contributed by atoms with E-state index in [2.05, 4.69) is 10.3 Å². The number of aromatic nitrogens is 1. The first-order valence-corrected chi connectivity index (χ1v) is 9.23. The average molecular weight is 366 g/mol. The van der Waals surface area contributed by atoms with Crippen molar-refractivity contribution in [2.45, 2.75) is 31.5 Å². The largest absolute Gasteiger partial charge is 0.362 e. The molecular formula is C17H22N2O5S. The fourth-order valence-electron chi connectivity index (χ4n) is 2.76. The van der Waals surface area contributed by atoms with Crippen molar-refractivity contribution in [1.82, 2.24) is 4.98 Å². The van der Waals surface area contributed by atoms with E-state index in [0.717, 1.165) is 34.5 Å². The van der Waals surface area contributed by atoms with Crippen LogP contribution >= 0.6 is 0 Å². The van der Waals surface area contributed by atoms with Gasteiger partial charge in [0.15, 0.2) is 11.1 Å². The van der Waals surface area contributed by atoms with E-state index < -0.39 is 11.1 Å². The Morgan fingerprint density at radius 3 is 3.04 bits per heavy atom. The summed E-state index contributed by atoms with van der Waals surface area (Å²) in [7, 11) is 0. The van der Waals surface area contributed by atoms with Gasteiger partial charge in [0.25, 0.3) is 0 Å². The molecule has 2 heterocycles. The van der Waals surface area contributed by atoms with Crippen molar-refractivity contribution in [2.75, 3.05) is 25.4 Å². The summed E-state index contributed by atoms with van der Waals surface area (Å²) >= 11 is -2.04. The fourth-order valence-corrected chi connectivity index (χ4v) is 3.17. The molecule has 0 radical (unpaired) electrons. The van der Waals surface area contributed by atoms with Crippen molar-refractivity contribution in [2.24, 2.45) is 0 Å². The molecule has 2 aromatic rings. The molecule has 0 spiro atoms. The van der Waals surface area contributed by atoms with Gasteiger partial charge < -0.3 is 29.1 Å². The van der Waals surface area contributed by atoms with E-state index in [4.69, 9.17) is 14.2 Å². The van der Waals surface area contributed by atoms with Crippen molar-refractivity contribution >= 4 is 16.8 Å². The molecule has 8 heteroatoms. The lowest BCUT2D eigenvalue weighted by Crippen LogP contribution is -2.11. The minimum Gasteiger partial charge on any atom is -0.362 e. The standard InChI is InChI=1S/C17H22N2O5S/c1-2-5-22-11-24-8-12-7-18-16-9-23-10-19-15-4-3-13(25(20)21)6-14(15)17(12)16/h3-4,6-7,18-19H,2,5,8-11H2,1H3,(H,20,21). The van der Waals surface area contributed by atoms with E-state index in [9.17, 15) is 8.76 Å². The second kappa shape index (κ2) is 8.59. The van der Waals surface area contributed by atoms with Crippen molar-refractivity contribution in [3.8, 4) is 11.1 Å². The minimum atomic E-state index is -2.04. The molecule has 0 amide bonds. The molecule has 0 fully saturated rings. The topological polar surface area (TPSA) is 92.8 Å². The first-order valence-electron chi connectivity index (χ1n) is 8.12. The Morgan fingerprint density at radius 1 is 1.36 bits per heavy atom. The highest BCUT2D eigenvalue weighted by Gasteiger charge is 2.20. The van der Waals surface area contributed by atoms with Gasteiger partial charge in [-0.25, -0.2) is 4.21 Å². The Bertz CT molecular complexity index is 747. The molecule has 0 saturated heterocycles. The van der Waals surface area contributed by atoms with Gasteiger partial charge >= 0.3 is 0 Å². The van der Waals surface area contributed by atoms with Crippen molar-refractivity contribution in [3.63, 3.8) is 0 Å². The average Bonchev–Trinajstić information content (AvgIpc) is 2.98. The number of H-pyrrole nitrogens is 1. The Labute approximate surface area is 149 Å². The quantitative estimate of drug-likeness (QED) is 0.396. The molecule has 1 aromatic heterocycles. The van der Waals surface area contributed by atoms with Crippen molar-refractivity contribution in [3.05, 3.63) is 35.7 Å². The molecule has 3 rings (SSSR count). The molecular weight excluding hydrogens is 344 g/mol. The highest BCUT2D eigenvalue weighted by atomic mass is 32.2. The van der Waals surface area contributed by atoms with Gasteiger partial charge in [0.05, 0.1) is 18.1 Å². The maximum atomic E-state index is 11.5. The van der Waals surface area contributed by atoms with Crippen LogP contribution in [0.25, 0.3) is 11.1 Å². The third-order valence-corrected chi connectivity index (χ3v) is 4.55. The number of hydrogen-bond acceptors (Lipinski definition) is 5. The third-order valence-electron chi connectivity index (χ3n) is 3.89. The van der Waals surface area contributed by atoms with E-state index in [1.54, 1.807) is 18.2 Å². The number of hydrogen-bond donors (Lipinski definition) is 3. The molecule has 25 heavy (non-hydrogen) atoms. The highest BCUT2D eigenvalue weighted by Crippen LogP contribution is 2.36. The van der Waals surface area contributed by atoms with Gasteiger partial charge in [0, 0.05) is 40.9 Å². The maximum Gasteiger partial charge on any atom is 0.186 e. The first-order chi connectivity index (χ1) is 12.2. The smallest absolute Gasteiger partial charge is 0.186 e. The molecule has 136 valence electrons. The Balaban J connectivity index is 1.91. The van der Waals surface area contributed by atoms with Gasteiger partial charge in [-0.15, -0.1) is 0 Å². The van der Waals surface area contributed by atoms with Gasteiger partial charge in [0.1, 0.15) is 13.5 Å². The molecule has 0 bridgehead atoms. The molecule has 1 unspecified atom stereocenters. The minimum absolute atomic E-state index is 0.232. The van der Waals surface area contributed by atoms with Crippen LogP contribution in [0.5, 0.6) is 0 Å². The van der Waals surface area contributed by atoms with Gasteiger partial charge in [-0.2, -0.15) is 0 Å². The van der Waals surface area contributed by atoms with Gasteiger partial charge in [-0.1, -0.05) is 6.92 Å². The monoisotopic (exact) mass is 366 g/mol. The summed E-state index contributed by atoms with van der Waals surface area (Å²) in [6.07, 6.45) is 2.83. The van der Waals surface area contributed by atoms with E-state index in [1.165, 1.54) is 0 Å². The van der Waals surface area contributed by atoms with E-state index in [-0.39, 0.29) is 6.79 Å². The van der Waals surface area contributed by atoms with E-state index >= 15 is 0 Å². The predicted octanol–water partition coefficient (Wildman–Crippen LogP) is 3.06. The summed E-state index contributed by atoms with van der Waals surface area (Å²) in [6.45, 7) is 4.10. The van der Waals surface area contributed by atoms with Crippen LogP contribution in [0.4, 0.5) is 5.69 Å². The van der Waals surface area contributed by atoms with Crippen molar-refractivity contribution < 1.29 is 23.0 Å². The van der Waals surface area contributed by atoms with Crippen LogP contribution in [0.15, 0.2) is 29.3 Å². The second-order valence-corrected chi connectivity index (χ2v) is 6.64. The summed E-state index contributed by atoms with van der Waals surface area (Å²) in [5.41, 5.74) is 4.50. The summed E-state index contributed by atoms with van der Waals surface area (Å²) in [5, 5.41) is 3.19. The van der Waals surface area contributed by atoms with Gasteiger partial charge in [-0.3, -0.25) is 0 Å². The number of fused-ring (bicyclic) bond motifs is 3. The zero-order valence-electron chi connectivity index (χ0n) is 14.0. The molecule has 7 nitrogen and oxygen atoms in total. The van der Waals surface area contributed by atoms with Gasteiger partial charge in [-0.05, 0) is 24.6 Å². The molecule has 3 N–H and O–H groups in total. The molecule has 0 aliphatic carbocycles. The number of aromatic amines is 1. The summed E-state index contributed by atoms with van der Waals surface area (Å²) < 4.78 is 37.4. The van der Waals surface area contributed by atoms with Crippen LogP contribution in [-0.4, -0.2) is 33.9 Å². The SMILES string of the molecule is CCCOCOCc1c[nH]c2c1-c1cc(S(=O)O)ccc1NCOC2. The Kier molecular flexibility index (Phi) is 6.22. The molecule has 1 aliphatic heterocycles. The molecule has 1 aromatic carbocycles. The number of ether oxygens (including phenoxy) is 3. The van der Waals surface area contributed by atoms with Crippen LogP contribution < -0.4 is 5.32 Å². The normalized spacial score (nSPS) is 14.8. The summed E-state index contributed by atoms with van der Waals surface area (Å²) in [4.78, 5) is 3.58. The first kappa shape index (κ1) is 18.1. The van der Waals surface area contributed by atoms with Crippen molar-refractivity contribution in [1.29, 1.82) is 0 Å². The Hall–Kier alpha value is -1.71. The van der Waals surface area contributed by atoms with Gasteiger partial charge in [0.2, 0.25) is 0 Å². The molecule has 0 saturated carbocycles. The third kappa shape index (κ3) is 4.28. The lowest BCUT2D eigenvalue weighted by atomic mass is 9.99. The van der Waals surface area contributed by atoms with Crippen LogP contribution in [0.3, 0.4) is 0 Å². The zero-order chi connectivity index (χ0) is 17.6. The predicted molar refractivity (Wildman–Crippen MR) is 94.4 cm³/mol. The number of benzene rings is 1. The van der Waals surface area contributed by atoms with Crippen LogP contribution in [0, 0.1) is 0 Å². The van der Waals surface area contributed by atoms with E-state index in [0.29, 0.717) is 31.4 Å². The summed E-state index contributed by atoms with van der Waals surface area (Å²) in [6, 6.07) is 5.15. The maximum absolute atomic E-state index is 11.5. The summed E-state index contributed by atoms with van der Waals surface area (Å²) in [5.74, 6) is 0. The zero-order valence-corrected chi connectivity index (χ0v) is 14.9. The molecule has 1 aliphatic rings. The number of rotatable bonds is 7. The van der Waals surface area contributed by atoms with Crippen LogP contribution in [0.2, 0.25) is 0 Å². The van der Waals surface area contributed by atoms with Crippen LogP contribution in [-0.2, 0) is 38.5 Å². The second-order valence-electron chi connectivity index (χ2n) is 5.67. The number of nitrogens with one attached hydrogen (secondary N) is 2. The fraction of sp³-hybridized carbons (Fsp3) is 0.412.